The number of likely N-dealkylation sites (tertiary alicyclic amines) is 1. The molecule has 2 saturated carbocycles. The number of halogens is 1. The van der Waals surface area contributed by atoms with Crippen LogP contribution in [0.25, 0.3) is 0 Å². The van der Waals surface area contributed by atoms with Gasteiger partial charge in [0.15, 0.2) is 5.82 Å². The average molecular weight is 514 g/mol. The van der Waals surface area contributed by atoms with Crippen molar-refractivity contribution in [2.45, 2.75) is 95.1 Å². The molecule has 1 N–H and O–H groups in total. The van der Waals surface area contributed by atoms with Gasteiger partial charge >= 0.3 is 12.1 Å². The van der Waals surface area contributed by atoms with Gasteiger partial charge in [0.1, 0.15) is 24.4 Å². The van der Waals surface area contributed by atoms with Crippen LogP contribution in [0.3, 0.4) is 0 Å². The van der Waals surface area contributed by atoms with Gasteiger partial charge in [0.05, 0.1) is 0 Å². The summed E-state index contributed by atoms with van der Waals surface area (Å²) in [6.45, 7) is 0.516. The summed E-state index contributed by atoms with van der Waals surface area (Å²) >= 11 is 0. The van der Waals surface area contributed by atoms with Gasteiger partial charge in [-0.2, -0.15) is 5.21 Å². The molecule has 4 atom stereocenters. The molecule has 1 unspecified atom stereocenters. The van der Waals surface area contributed by atoms with E-state index < -0.39 is 17.8 Å². The topological polar surface area (TPSA) is 110 Å². The van der Waals surface area contributed by atoms with Crippen LogP contribution in [0.15, 0.2) is 30.3 Å². The largest absolute Gasteiger partial charge is 0.461 e. The Labute approximate surface area is 216 Å². The van der Waals surface area contributed by atoms with Crippen LogP contribution in [0.5, 0.6) is 0 Å². The highest BCUT2D eigenvalue weighted by Gasteiger charge is 2.49. The van der Waals surface area contributed by atoms with Crippen LogP contribution in [0.2, 0.25) is 0 Å². The van der Waals surface area contributed by atoms with Crippen LogP contribution in [-0.2, 0) is 27.3 Å². The number of esters is 1. The average Bonchev–Trinajstić information content (AvgIpc) is 3.45. The number of fused-ring (bicyclic) bond motifs is 1. The Hall–Kier alpha value is -3.04. The van der Waals surface area contributed by atoms with Crippen molar-refractivity contribution >= 4 is 12.1 Å². The van der Waals surface area contributed by atoms with E-state index in [1.54, 1.807) is 4.90 Å². The first-order valence-electron chi connectivity index (χ1n) is 13.6. The lowest BCUT2D eigenvalue weighted by Crippen LogP contribution is -2.56. The first-order chi connectivity index (χ1) is 18.0. The number of ether oxygens (including phenoxy) is 2. The third-order valence-corrected chi connectivity index (χ3v) is 8.32. The second kappa shape index (κ2) is 11.6. The fraction of sp³-hybridized carbons (Fsp3) is 0.667. The van der Waals surface area contributed by atoms with Gasteiger partial charge in [0, 0.05) is 13.0 Å². The number of H-pyrrole nitrogens is 1. The Kier molecular flexibility index (Phi) is 8.00. The zero-order chi connectivity index (χ0) is 25.7. The fourth-order valence-corrected chi connectivity index (χ4v) is 6.23. The summed E-state index contributed by atoms with van der Waals surface area (Å²) in [6.07, 6.45) is 6.87. The summed E-state index contributed by atoms with van der Waals surface area (Å²) in [5.41, 5.74) is -0.469. The molecule has 37 heavy (non-hydrogen) atoms. The molecular weight excluding hydrogens is 477 g/mol. The SMILES string of the molecule is O=C(OC1CCCCC1)[C@@H]1C[C@H]2CC(F)(CCc3nn[nH]n3)CC[C@H]2CN1C(=O)OCc1ccccc1. The molecular formula is C27H36FN5O4. The van der Waals surface area contributed by atoms with Crippen LogP contribution in [0.4, 0.5) is 9.18 Å². The Morgan fingerprint density at radius 3 is 2.68 bits per heavy atom. The van der Waals surface area contributed by atoms with Crippen molar-refractivity contribution in [1.29, 1.82) is 0 Å². The van der Waals surface area contributed by atoms with Crippen molar-refractivity contribution in [2.24, 2.45) is 11.8 Å². The Balaban J connectivity index is 1.26. The normalized spacial score (nSPS) is 28.4. The Bertz CT molecular complexity index is 1030. The molecule has 1 amide bonds. The molecule has 1 aromatic carbocycles. The number of carbonyl (C=O) groups is 2. The highest BCUT2D eigenvalue weighted by molar-refractivity contribution is 5.82. The van der Waals surface area contributed by atoms with Crippen molar-refractivity contribution in [2.75, 3.05) is 6.54 Å². The van der Waals surface area contributed by atoms with Gasteiger partial charge in [-0.25, -0.2) is 14.0 Å². The van der Waals surface area contributed by atoms with E-state index in [9.17, 15) is 9.59 Å². The van der Waals surface area contributed by atoms with E-state index in [0.29, 0.717) is 50.9 Å². The number of amides is 1. The quantitative estimate of drug-likeness (QED) is 0.541. The minimum absolute atomic E-state index is 0.00824. The summed E-state index contributed by atoms with van der Waals surface area (Å²) in [5, 5.41) is 13.8. The molecule has 0 radical (unpaired) electrons. The first-order valence-corrected chi connectivity index (χ1v) is 13.6. The number of aryl methyl sites for hydroxylation is 1. The molecule has 9 nitrogen and oxygen atoms in total. The smallest absolute Gasteiger partial charge is 0.410 e. The van der Waals surface area contributed by atoms with E-state index in [4.69, 9.17) is 9.47 Å². The van der Waals surface area contributed by atoms with Gasteiger partial charge in [-0.05, 0) is 75.2 Å². The lowest BCUT2D eigenvalue weighted by Gasteiger charge is -2.48. The molecule has 200 valence electrons. The number of aromatic amines is 1. The van der Waals surface area contributed by atoms with Crippen LogP contribution in [0.1, 0.15) is 75.6 Å². The first kappa shape index (κ1) is 25.6. The number of hydrogen-bond acceptors (Lipinski definition) is 7. The highest BCUT2D eigenvalue weighted by atomic mass is 19.1. The number of rotatable bonds is 7. The van der Waals surface area contributed by atoms with Crippen molar-refractivity contribution in [1.82, 2.24) is 25.5 Å². The van der Waals surface area contributed by atoms with Crippen molar-refractivity contribution in [3.8, 4) is 0 Å². The predicted molar refractivity (Wildman–Crippen MR) is 132 cm³/mol. The van der Waals surface area contributed by atoms with Gasteiger partial charge in [-0.1, -0.05) is 42.0 Å². The molecule has 10 heteroatoms. The molecule has 2 aromatic rings. The number of nitrogens with one attached hydrogen (secondary N) is 1. The van der Waals surface area contributed by atoms with Gasteiger partial charge in [0.25, 0.3) is 0 Å². The maximum absolute atomic E-state index is 15.9. The number of alkyl halides is 1. The molecule has 1 aromatic heterocycles. The summed E-state index contributed by atoms with van der Waals surface area (Å²) < 4.78 is 27.4. The lowest BCUT2D eigenvalue weighted by molar-refractivity contribution is -0.160. The summed E-state index contributed by atoms with van der Waals surface area (Å²) in [4.78, 5) is 28.1. The van der Waals surface area contributed by atoms with Gasteiger partial charge in [-0.3, -0.25) is 4.90 Å². The zero-order valence-electron chi connectivity index (χ0n) is 21.2. The summed E-state index contributed by atoms with van der Waals surface area (Å²) in [7, 11) is 0. The van der Waals surface area contributed by atoms with Crippen molar-refractivity contribution in [3.63, 3.8) is 0 Å². The number of tetrazole rings is 1. The predicted octanol–water partition coefficient (Wildman–Crippen LogP) is 4.54. The molecule has 1 saturated heterocycles. The number of aromatic nitrogens is 4. The number of carbonyl (C=O) groups excluding carboxylic acids is 2. The van der Waals surface area contributed by atoms with Crippen molar-refractivity contribution in [3.05, 3.63) is 41.7 Å². The van der Waals surface area contributed by atoms with E-state index in [0.717, 1.165) is 37.7 Å². The van der Waals surface area contributed by atoms with Crippen LogP contribution >= 0.6 is 0 Å². The van der Waals surface area contributed by atoms with Gasteiger partial charge in [0.2, 0.25) is 0 Å². The van der Waals surface area contributed by atoms with Crippen molar-refractivity contribution < 1.29 is 23.5 Å². The third-order valence-electron chi connectivity index (χ3n) is 8.32. The third kappa shape index (κ3) is 6.45. The maximum atomic E-state index is 15.9. The van der Waals surface area contributed by atoms with E-state index in [2.05, 4.69) is 20.6 Å². The standard InChI is InChI=1S/C27H36FN5O4/c28-27(14-12-24-29-31-32-30-24)13-11-20-17-33(26(35)36-18-19-7-3-1-4-8-19)23(15-21(20)16-27)25(34)37-22-9-5-2-6-10-22/h1,3-4,7-8,20-23H,2,5-6,9-18H2,(H,29,30,31,32)/t20-,21-,23-,27?/m0/s1. The minimum Gasteiger partial charge on any atom is -0.461 e. The molecule has 5 rings (SSSR count). The van der Waals surface area contributed by atoms with E-state index in [-0.39, 0.29) is 30.5 Å². The molecule has 3 aliphatic rings. The Morgan fingerprint density at radius 2 is 1.92 bits per heavy atom. The van der Waals surface area contributed by atoms with E-state index in [1.807, 2.05) is 30.3 Å². The van der Waals surface area contributed by atoms with Gasteiger partial charge in [-0.15, -0.1) is 10.2 Å². The molecule has 0 spiro atoms. The lowest BCUT2D eigenvalue weighted by atomic mass is 9.67. The Morgan fingerprint density at radius 1 is 1.11 bits per heavy atom. The number of piperidine rings is 1. The molecule has 2 aliphatic carbocycles. The van der Waals surface area contributed by atoms with E-state index >= 15 is 4.39 Å². The van der Waals surface area contributed by atoms with E-state index in [1.165, 1.54) is 0 Å². The molecule has 2 heterocycles. The zero-order valence-corrected chi connectivity index (χ0v) is 21.2. The molecule has 3 fully saturated rings. The summed E-state index contributed by atoms with van der Waals surface area (Å²) in [5.74, 6) is 0.232. The second-order valence-corrected chi connectivity index (χ2v) is 10.9. The maximum Gasteiger partial charge on any atom is 0.410 e. The number of benzene rings is 1. The number of nitrogens with zero attached hydrogens (tertiary/aromatic N) is 4. The van der Waals surface area contributed by atoms with Gasteiger partial charge < -0.3 is 9.47 Å². The molecule has 0 bridgehead atoms. The van der Waals surface area contributed by atoms with Crippen LogP contribution in [0, 0.1) is 11.8 Å². The number of hydrogen-bond donors (Lipinski definition) is 1. The second-order valence-electron chi connectivity index (χ2n) is 10.9. The highest BCUT2D eigenvalue weighted by Crippen LogP contribution is 2.46. The minimum atomic E-state index is -1.35. The summed E-state index contributed by atoms with van der Waals surface area (Å²) in [6, 6.07) is 8.72. The monoisotopic (exact) mass is 513 g/mol. The van der Waals surface area contributed by atoms with Crippen LogP contribution in [-0.4, -0.2) is 61.9 Å². The fourth-order valence-electron chi connectivity index (χ4n) is 6.23. The molecule has 1 aliphatic heterocycles. The van der Waals surface area contributed by atoms with Crippen LogP contribution < -0.4 is 0 Å².